The third-order valence-electron chi connectivity index (χ3n) is 3.22. The zero-order chi connectivity index (χ0) is 15.1. The maximum absolute atomic E-state index is 12.7. The zero-order valence-corrected chi connectivity index (χ0v) is 11.5. The fourth-order valence-electron chi connectivity index (χ4n) is 2.38. The standard InChI is InChI=1S/C14H16F3N3/c1-8(18)13-9(2)19-20(10(13)3)12-6-4-5-11(7-12)14(15,16)17/h4-8H,18H2,1-3H3. The zero-order valence-electron chi connectivity index (χ0n) is 11.5. The highest BCUT2D eigenvalue weighted by molar-refractivity contribution is 5.41. The summed E-state index contributed by atoms with van der Waals surface area (Å²) in [6.45, 7) is 5.43. The maximum atomic E-state index is 12.7. The Hall–Kier alpha value is -1.82. The normalized spacial score (nSPS) is 13.6. The number of nitrogens with zero attached hydrogens (tertiary/aromatic N) is 2. The van der Waals surface area contributed by atoms with Crippen LogP contribution >= 0.6 is 0 Å². The van der Waals surface area contributed by atoms with Gasteiger partial charge in [-0.1, -0.05) is 6.07 Å². The van der Waals surface area contributed by atoms with Crippen LogP contribution in [0.25, 0.3) is 5.69 Å². The minimum absolute atomic E-state index is 0.213. The molecule has 0 amide bonds. The minimum atomic E-state index is -4.36. The number of hydrogen-bond donors (Lipinski definition) is 1. The van der Waals surface area contributed by atoms with Crippen molar-refractivity contribution < 1.29 is 13.2 Å². The van der Waals surface area contributed by atoms with Gasteiger partial charge in [-0.25, -0.2) is 4.68 Å². The second kappa shape index (κ2) is 4.94. The van der Waals surface area contributed by atoms with E-state index in [2.05, 4.69) is 5.10 Å². The van der Waals surface area contributed by atoms with E-state index in [1.165, 1.54) is 10.7 Å². The summed E-state index contributed by atoms with van der Waals surface area (Å²) >= 11 is 0. The Kier molecular flexibility index (Phi) is 3.60. The van der Waals surface area contributed by atoms with Gasteiger partial charge in [0.1, 0.15) is 0 Å². The lowest BCUT2D eigenvalue weighted by molar-refractivity contribution is -0.137. The van der Waals surface area contributed by atoms with Crippen LogP contribution in [0.5, 0.6) is 0 Å². The number of aromatic nitrogens is 2. The van der Waals surface area contributed by atoms with E-state index in [1.54, 1.807) is 19.9 Å². The molecule has 1 aromatic carbocycles. The summed E-state index contributed by atoms with van der Waals surface area (Å²) in [7, 11) is 0. The summed E-state index contributed by atoms with van der Waals surface area (Å²) < 4.78 is 39.7. The molecule has 0 aliphatic rings. The Labute approximate surface area is 115 Å². The van der Waals surface area contributed by atoms with Gasteiger partial charge >= 0.3 is 6.18 Å². The van der Waals surface area contributed by atoms with Crippen LogP contribution in [0.1, 0.15) is 35.5 Å². The van der Waals surface area contributed by atoms with Crippen molar-refractivity contribution in [3.05, 3.63) is 46.8 Å². The quantitative estimate of drug-likeness (QED) is 0.916. The number of benzene rings is 1. The van der Waals surface area contributed by atoms with Gasteiger partial charge in [0.2, 0.25) is 0 Å². The average Bonchev–Trinajstić information content (AvgIpc) is 2.64. The number of hydrogen-bond acceptors (Lipinski definition) is 2. The van der Waals surface area contributed by atoms with Gasteiger partial charge in [-0.15, -0.1) is 0 Å². The molecule has 0 radical (unpaired) electrons. The number of halogens is 3. The van der Waals surface area contributed by atoms with Crippen molar-refractivity contribution >= 4 is 0 Å². The first-order valence-corrected chi connectivity index (χ1v) is 6.21. The molecular weight excluding hydrogens is 267 g/mol. The molecule has 1 aromatic heterocycles. The summed E-state index contributed by atoms with van der Waals surface area (Å²) in [6, 6.07) is 4.89. The van der Waals surface area contributed by atoms with Gasteiger partial charge in [0.15, 0.2) is 0 Å². The Bertz CT molecular complexity index is 627. The third-order valence-corrected chi connectivity index (χ3v) is 3.22. The van der Waals surface area contributed by atoms with E-state index in [9.17, 15) is 13.2 Å². The highest BCUT2D eigenvalue weighted by atomic mass is 19.4. The molecule has 0 bridgehead atoms. The first-order chi connectivity index (χ1) is 9.21. The highest BCUT2D eigenvalue weighted by Crippen LogP contribution is 2.31. The molecule has 2 N–H and O–H groups in total. The summed E-state index contributed by atoms with van der Waals surface area (Å²) in [4.78, 5) is 0. The molecule has 3 nitrogen and oxygen atoms in total. The molecule has 1 heterocycles. The van der Waals surface area contributed by atoms with E-state index < -0.39 is 11.7 Å². The van der Waals surface area contributed by atoms with Crippen LogP contribution in [0.4, 0.5) is 13.2 Å². The second-order valence-electron chi connectivity index (χ2n) is 4.83. The molecule has 20 heavy (non-hydrogen) atoms. The van der Waals surface area contributed by atoms with Gasteiger partial charge in [-0.05, 0) is 39.0 Å². The fraction of sp³-hybridized carbons (Fsp3) is 0.357. The van der Waals surface area contributed by atoms with Crippen LogP contribution < -0.4 is 5.73 Å². The molecule has 1 unspecified atom stereocenters. The number of aryl methyl sites for hydroxylation is 1. The predicted octanol–water partition coefficient (Wildman–Crippen LogP) is 3.53. The van der Waals surface area contributed by atoms with Crippen LogP contribution in [0.2, 0.25) is 0 Å². The van der Waals surface area contributed by atoms with Gasteiger partial charge in [0, 0.05) is 17.3 Å². The van der Waals surface area contributed by atoms with Crippen molar-refractivity contribution in [1.29, 1.82) is 0 Å². The molecule has 0 spiro atoms. The summed E-state index contributed by atoms with van der Waals surface area (Å²) in [5.41, 5.74) is 7.92. The molecule has 1 atom stereocenters. The van der Waals surface area contributed by atoms with Crippen molar-refractivity contribution in [3.63, 3.8) is 0 Å². The molecule has 6 heteroatoms. The van der Waals surface area contributed by atoms with Crippen molar-refractivity contribution in [2.75, 3.05) is 0 Å². The van der Waals surface area contributed by atoms with Gasteiger partial charge in [-0.2, -0.15) is 18.3 Å². The molecule has 0 aliphatic heterocycles. The largest absolute Gasteiger partial charge is 0.416 e. The van der Waals surface area contributed by atoms with Gasteiger partial charge < -0.3 is 5.73 Å². The van der Waals surface area contributed by atoms with Crippen molar-refractivity contribution in [1.82, 2.24) is 9.78 Å². The Morgan fingerprint density at radius 2 is 1.90 bits per heavy atom. The van der Waals surface area contributed by atoms with E-state index in [0.29, 0.717) is 5.69 Å². The topological polar surface area (TPSA) is 43.8 Å². The molecule has 0 fully saturated rings. The second-order valence-corrected chi connectivity index (χ2v) is 4.83. The Morgan fingerprint density at radius 1 is 1.25 bits per heavy atom. The first-order valence-electron chi connectivity index (χ1n) is 6.21. The van der Waals surface area contributed by atoms with Gasteiger partial charge in [0.05, 0.1) is 16.9 Å². The molecule has 0 saturated carbocycles. The van der Waals surface area contributed by atoms with Crippen LogP contribution in [0.15, 0.2) is 24.3 Å². The molecule has 2 rings (SSSR count). The minimum Gasteiger partial charge on any atom is -0.324 e. The van der Waals surface area contributed by atoms with E-state index in [-0.39, 0.29) is 6.04 Å². The monoisotopic (exact) mass is 283 g/mol. The van der Waals surface area contributed by atoms with Gasteiger partial charge in [-0.3, -0.25) is 0 Å². The molecule has 108 valence electrons. The Balaban J connectivity index is 2.56. The smallest absolute Gasteiger partial charge is 0.324 e. The number of alkyl halides is 3. The van der Waals surface area contributed by atoms with Crippen LogP contribution in [0.3, 0.4) is 0 Å². The third kappa shape index (κ3) is 2.56. The fourth-order valence-corrected chi connectivity index (χ4v) is 2.38. The van der Waals surface area contributed by atoms with Crippen molar-refractivity contribution in [2.24, 2.45) is 5.73 Å². The highest BCUT2D eigenvalue weighted by Gasteiger charge is 2.30. The van der Waals surface area contributed by atoms with E-state index >= 15 is 0 Å². The number of nitrogens with two attached hydrogens (primary N) is 1. The van der Waals surface area contributed by atoms with E-state index in [0.717, 1.165) is 29.1 Å². The summed E-state index contributed by atoms with van der Waals surface area (Å²) in [6.07, 6.45) is -4.36. The lowest BCUT2D eigenvalue weighted by Gasteiger charge is -2.11. The van der Waals surface area contributed by atoms with Crippen LogP contribution in [-0.4, -0.2) is 9.78 Å². The SMILES string of the molecule is Cc1nn(-c2cccc(C(F)(F)F)c2)c(C)c1C(C)N. The van der Waals surface area contributed by atoms with Crippen LogP contribution in [-0.2, 0) is 6.18 Å². The lowest BCUT2D eigenvalue weighted by atomic mass is 10.1. The van der Waals surface area contributed by atoms with Crippen molar-refractivity contribution in [3.8, 4) is 5.69 Å². The lowest BCUT2D eigenvalue weighted by Crippen LogP contribution is -2.09. The first kappa shape index (κ1) is 14.6. The van der Waals surface area contributed by atoms with E-state index in [1.807, 2.05) is 6.92 Å². The molecule has 2 aromatic rings. The van der Waals surface area contributed by atoms with Gasteiger partial charge in [0.25, 0.3) is 0 Å². The summed E-state index contributed by atoms with van der Waals surface area (Å²) in [5.74, 6) is 0. The molecule has 0 aliphatic carbocycles. The van der Waals surface area contributed by atoms with Crippen molar-refractivity contribution in [2.45, 2.75) is 33.0 Å². The Morgan fingerprint density at radius 3 is 2.40 bits per heavy atom. The molecular formula is C14H16F3N3. The predicted molar refractivity (Wildman–Crippen MR) is 70.6 cm³/mol. The van der Waals surface area contributed by atoms with Crippen LogP contribution in [0, 0.1) is 13.8 Å². The average molecular weight is 283 g/mol. The number of rotatable bonds is 2. The molecule has 0 saturated heterocycles. The van der Waals surface area contributed by atoms with E-state index in [4.69, 9.17) is 5.73 Å². The maximum Gasteiger partial charge on any atom is 0.416 e. The summed E-state index contributed by atoms with van der Waals surface area (Å²) in [5, 5.41) is 4.29.